The number of piperidine rings is 1. The van der Waals surface area contributed by atoms with E-state index in [1.807, 2.05) is 11.8 Å². The van der Waals surface area contributed by atoms with Crippen molar-refractivity contribution in [1.29, 1.82) is 0 Å². The van der Waals surface area contributed by atoms with Crippen LogP contribution in [0.4, 0.5) is 0 Å². The summed E-state index contributed by atoms with van der Waals surface area (Å²) in [6.07, 6.45) is 4.09. The molecule has 0 saturated carbocycles. The molecule has 1 saturated heterocycles. The minimum atomic E-state index is 0.713. The van der Waals surface area contributed by atoms with Gasteiger partial charge in [0.1, 0.15) is 0 Å². The Morgan fingerprint density at radius 2 is 2.11 bits per heavy atom. The number of benzene rings is 1. The van der Waals surface area contributed by atoms with Crippen molar-refractivity contribution in [3.05, 3.63) is 30.3 Å². The second-order valence-corrected chi connectivity index (χ2v) is 6.24. The molecule has 1 aliphatic heterocycles. The summed E-state index contributed by atoms with van der Waals surface area (Å²) in [5, 5.41) is 3.61. The summed E-state index contributed by atoms with van der Waals surface area (Å²) in [7, 11) is 2.24. The fourth-order valence-corrected chi connectivity index (χ4v) is 3.37. The zero-order valence-corrected chi connectivity index (χ0v) is 12.1. The molecule has 3 heteroatoms. The third kappa shape index (κ3) is 5.01. The van der Waals surface area contributed by atoms with Gasteiger partial charge in [0.15, 0.2) is 0 Å². The van der Waals surface area contributed by atoms with Gasteiger partial charge in [0.25, 0.3) is 0 Å². The van der Waals surface area contributed by atoms with E-state index in [0.29, 0.717) is 6.04 Å². The largest absolute Gasteiger partial charge is 0.313 e. The van der Waals surface area contributed by atoms with Gasteiger partial charge >= 0.3 is 0 Å². The Kier molecular flexibility index (Phi) is 6.05. The first-order chi connectivity index (χ1) is 8.84. The van der Waals surface area contributed by atoms with Gasteiger partial charge in [0.05, 0.1) is 0 Å². The predicted octanol–water partition coefficient (Wildman–Crippen LogP) is 2.85. The monoisotopic (exact) mass is 264 g/mol. The lowest BCUT2D eigenvalue weighted by Crippen LogP contribution is -2.42. The summed E-state index contributed by atoms with van der Waals surface area (Å²) in [6, 6.07) is 11.4. The first-order valence-electron chi connectivity index (χ1n) is 6.94. The van der Waals surface area contributed by atoms with Crippen molar-refractivity contribution in [1.82, 2.24) is 10.2 Å². The van der Waals surface area contributed by atoms with E-state index in [0.717, 1.165) is 6.54 Å². The maximum absolute atomic E-state index is 3.61. The van der Waals surface area contributed by atoms with E-state index in [2.05, 4.69) is 47.6 Å². The van der Waals surface area contributed by atoms with Crippen molar-refractivity contribution < 1.29 is 0 Å². The van der Waals surface area contributed by atoms with Crippen molar-refractivity contribution in [2.24, 2.45) is 0 Å². The molecule has 1 fully saturated rings. The molecule has 1 aromatic carbocycles. The zero-order chi connectivity index (χ0) is 12.6. The number of hydrogen-bond donors (Lipinski definition) is 1. The molecular weight excluding hydrogens is 240 g/mol. The summed E-state index contributed by atoms with van der Waals surface area (Å²) < 4.78 is 0. The molecule has 1 aliphatic rings. The van der Waals surface area contributed by atoms with Gasteiger partial charge in [0.2, 0.25) is 0 Å². The Bertz CT molecular complexity index is 323. The van der Waals surface area contributed by atoms with Crippen LogP contribution in [0.5, 0.6) is 0 Å². The lowest BCUT2D eigenvalue weighted by molar-refractivity contribution is 0.273. The molecule has 1 heterocycles. The molecule has 2 nitrogen and oxygen atoms in total. The van der Waals surface area contributed by atoms with Crippen LogP contribution >= 0.6 is 11.8 Å². The van der Waals surface area contributed by atoms with Crippen LogP contribution in [0.1, 0.15) is 19.3 Å². The molecule has 2 rings (SSSR count). The third-order valence-electron chi connectivity index (χ3n) is 3.43. The number of rotatable bonds is 6. The van der Waals surface area contributed by atoms with Gasteiger partial charge in [-0.1, -0.05) is 24.6 Å². The van der Waals surface area contributed by atoms with E-state index in [-0.39, 0.29) is 0 Å². The third-order valence-corrected chi connectivity index (χ3v) is 4.42. The highest BCUT2D eigenvalue weighted by Crippen LogP contribution is 2.16. The van der Waals surface area contributed by atoms with Crippen LogP contribution in [-0.2, 0) is 0 Å². The standard InChI is InChI=1S/C15H24N2S/c1-17(13-14-7-5-6-10-16-14)11-12-18-15-8-3-2-4-9-15/h2-4,8-9,14,16H,5-7,10-13H2,1H3. The maximum Gasteiger partial charge on any atom is 0.0194 e. The smallest absolute Gasteiger partial charge is 0.0194 e. The Labute approximate surface area is 115 Å². The van der Waals surface area contributed by atoms with Crippen LogP contribution < -0.4 is 5.32 Å². The van der Waals surface area contributed by atoms with Crippen LogP contribution in [0.25, 0.3) is 0 Å². The van der Waals surface area contributed by atoms with Crippen LogP contribution in [-0.4, -0.2) is 43.4 Å². The maximum atomic E-state index is 3.61. The highest BCUT2D eigenvalue weighted by molar-refractivity contribution is 7.99. The number of likely N-dealkylation sites (N-methyl/N-ethyl adjacent to an activating group) is 1. The second-order valence-electron chi connectivity index (χ2n) is 5.07. The average molecular weight is 264 g/mol. The quantitative estimate of drug-likeness (QED) is 0.795. The Morgan fingerprint density at radius 3 is 2.83 bits per heavy atom. The molecule has 1 atom stereocenters. The van der Waals surface area contributed by atoms with E-state index in [1.54, 1.807) is 0 Å². The van der Waals surface area contributed by atoms with Gasteiger partial charge in [-0.15, -0.1) is 11.8 Å². The lowest BCUT2D eigenvalue weighted by Gasteiger charge is -2.28. The molecule has 18 heavy (non-hydrogen) atoms. The van der Waals surface area contributed by atoms with Gasteiger partial charge in [-0.05, 0) is 38.6 Å². The molecule has 0 spiro atoms. The molecule has 0 radical (unpaired) electrons. The zero-order valence-electron chi connectivity index (χ0n) is 11.3. The van der Waals surface area contributed by atoms with Crippen molar-refractivity contribution >= 4 is 11.8 Å². The first-order valence-corrected chi connectivity index (χ1v) is 7.93. The molecule has 1 aromatic rings. The van der Waals surface area contributed by atoms with Gasteiger partial charge in [-0.2, -0.15) is 0 Å². The number of nitrogens with one attached hydrogen (secondary N) is 1. The summed E-state index contributed by atoms with van der Waals surface area (Å²) in [4.78, 5) is 3.83. The molecule has 100 valence electrons. The van der Waals surface area contributed by atoms with Crippen LogP contribution in [0.2, 0.25) is 0 Å². The lowest BCUT2D eigenvalue weighted by atomic mass is 10.0. The normalized spacial score (nSPS) is 20.2. The highest BCUT2D eigenvalue weighted by Gasteiger charge is 2.14. The molecule has 0 bridgehead atoms. The molecule has 1 unspecified atom stereocenters. The van der Waals surface area contributed by atoms with Crippen molar-refractivity contribution in [2.75, 3.05) is 32.4 Å². The first kappa shape index (κ1) is 13.9. The minimum Gasteiger partial charge on any atom is -0.313 e. The van der Waals surface area contributed by atoms with E-state index in [4.69, 9.17) is 0 Å². The summed E-state index contributed by atoms with van der Waals surface area (Å²) in [6.45, 7) is 3.56. The Morgan fingerprint density at radius 1 is 1.28 bits per heavy atom. The molecule has 1 N–H and O–H groups in total. The number of thioether (sulfide) groups is 1. The van der Waals surface area contributed by atoms with E-state index in [1.165, 1.54) is 43.0 Å². The molecule has 0 amide bonds. The van der Waals surface area contributed by atoms with E-state index < -0.39 is 0 Å². The fourth-order valence-electron chi connectivity index (χ4n) is 2.38. The second kappa shape index (κ2) is 7.82. The number of nitrogens with zero attached hydrogens (tertiary/aromatic N) is 1. The predicted molar refractivity (Wildman–Crippen MR) is 80.3 cm³/mol. The van der Waals surface area contributed by atoms with Crippen LogP contribution in [0, 0.1) is 0 Å². The van der Waals surface area contributed by atoms with E-state index >= 15 is 0 Å². The van der Waals surface area contributed by atoms with Crippen LogP contribution in [0.15, 0.2) is 35.2 Å². The van der Waals surface area contributed by atoms with Crippen molar-refractivity contribution in [2.45, 2.75) is 30.2 Å². The summed E-state index contributed by atoms with van der Waals surface area (Å²) in [5.74, 6) is 1.17. The Hall–Kier alpha value is -0.510. The molecule has 0 aromatic heterocycles. The van der Waals surface area contributed by atoms with Gasteiger partial charge in [-0.3, -0.25) is 0 Å². The number of hydrogen-bond acceptors (Lipinski definition) is 3. The van der Waals surface area contributed by atoms with Gasteiger partial charge in [0, 0.05) is 29.8 Å². The van der Waals surface area contributed by atoms with Crippen LogP contribution in [0.3, 0.4) is 0 Å². The topological polar surface area (TPSA) is 15.3 Å². The van der Waals surface area contributed by atoms with Crippen molar-refractivity contribution in [3.63, 3.8) is 0 Å². The minimum absolute atomic E-state index is 0.713. The van der Waals surface area contributed by atoms with Crippen molar-refractivity contribution in [3.8, 4) is 0 Å². The van der Waals surface area contributed by atoms with Gasteiger partial charge in [-0.25, -0.2) is 0 Å². The fraction of sp³-hybridized carbons (Fsp3) is 0.600. The average Bonchev–Trinajstić information content (AvgIpc) is 2.41. The summed E-state index contributed by atoms with van der Waals surface area (Å²) >= 11 is 1.95. The van der Waals surface area contributed by atoms with Gasteiger partial charge < -0.3 is 10.2 Å². The molecule has 0 aliphatic carbocycles. The van der Waals surface area contributed by atoms with E-state index in [9.17, 15) is 0 Å². The highest BCUT2D eigenvalue weighted by atomic mass is 32.2. The SMILES string of the molecule is CN(CCSc1ccccc1)CC1CCCCN1. The Balaban J connectivity index is 1.61. The summed E-state index contributed by atoms with van der Waals surface area (Å²) in [5.41, 5.74) is 0. The molecular formula is C15H24N2S.